The second-order valence-corrected chi connectivity index (χ2v) is 6.90. The fourth-order valence-electron chi connectivity index (χ4n) is 2.46. The molecule has 0 unspecified atom stereocenters. The highest BCUT2D eigenvalue weighted by Crippen LogP contribution is 2.29. The Balaban J connectivity index is 2.16. The van der Waals surface area contributed by atoms with Crippen LogP contribution in [0.5, 0.6) is 0 Å². The quantitative estimate of drug-likeness (QED) is 0.453. The van der Waals surface area contributed by atoms with E-state index >= 15 is 0 Å². The normalized spacial score (nSPS) is 33.3. The Morgan fingerprint density at radius 1 is 0.857 bits per heavy atom. The van der Waals surface area contributed by atoms with E-state index in [0.29, 0.717) is 0 Å². The summed E-state index contributed by atoms with van der Waals surface area (Å²) in [6.07, 6.45) is 4.14. The van der Waals surface area contributed by atoms with Gasteiger partial charge in [-0.2, -0.15) is 0 Å². The zero-order chi connectivity index (χ0) is 15.7. The number of rotatable bonds is 10. The van der Waals surface area contributed by atoms with Crippen LogP contribution in [0.1, 0.15) is 51.9 Å². The Morgan fingerprint density at radius 2 is 1.48 bits per heavy atom. The van der Waals surface area contributed by atoms with Crippen molar-refractivity contribution in [3.8, 4) is 0 Å². The van der Waals surface area contributed by atoms with Crippen molar-refractivity contribution in [3.63, 3.8) is 0 Å². The van der Waals surface area contributed by atoms with E-state index in [-0.39, 0.29) is 6.61 Å². The van der Waals surface area contributed by atoms with Crippen LogP contribution in [0.2, 0.25) is 0 Å². The van der Waals surface area contributed by atoms with Gasteiger partial charge >= 0.3 is 0 Å². The highest BCUT2D eigenvalue weighted by Gasteiger charge is 2.43. The van der Waals surface area contributed by atoms with E-state index in [2.05, 4.69) is 6.92 Å². The minimum absolute atomic E-state index is 0.362. The molecule has 0 amide bonds. The molecule has 1 aliphatic rings. The first-order valence-corrected chi connectivity index (χ1v) is 9.08. The SMILES string of the molecule is CCCCCCCCCS[C@H]1O[C@H](CO)[C@@H](O)[C@H](O)[C@H]1O. The average Bonchev–Trinajstić information content (AvgIpc) is 2.49. The van der Waals surface area contributed by atoms with Gasteiger partial charge in [-0.3, -0.25) is 0 Å². The highest BCUT2D eigenvalue weighted by molar-refractivity contribution is 7.99. The number of aliphatic hydroxyl groups excluding tert-OH is 4. The van der Waals surface area contributed by atoms with E-state index in [0.717, 1.165) is 18.6 Å². The Kier molecular flexibility index (Phi) is 9.88. The van der Waals surface area contributed by atoms with Gasteiger partial charge in [0.05, 0.1) is 6.61 Å². The van der Waals surface area contributed by atoms with Gasteiger partial charge in [0.2, 0.25) is 0 Å². The molecular weight excluding hydrogens is 292 g/mol. The number of aliphatic hydroxyl groups is 4. The third kappa shape index (κ3) is 6.42. The molecule has 0 aromatic carbocycles. The lowest BCUT2D eigenvalue weighted by atomic mass is 10.0. The molecule has 5 atom stereocenters. The van der Waals surface area contributed by atoms with Crippen molar-refractivity contribution in [3.05, 3.63) is 0 Å². The second-order valence-electron chi connectivity index (χ2n) is 5.69. The lowest BCUT2D eigenvalue weighted by molar-refractivity contribution is -0.205. The molecule has 1 saturated heterocycles. The Morgan fingerprint density at radius 3 is 2.10 bits per heavy atom. The van der Waals surface area contributed by atoms with Gasteiger partial charge in [-0.15, -0.1) is 11.8 Å². The van der Waals surface area contributed by atoms with E-state index in [1.807, 2.05) is 0 Å². The number of hydrogen-bond acceptors (Lipinski definition) is 6. The minimum Gasteiger partial charge on any atom is -0.394 e. The van der Waals surface area contributed by atoms with Crippen molar-refractivity contribution in [2.75, 3.05) is 12.4 Å². The van der Waals surface area contributed by atoms with E-state index in [1.54, 1.807) is 0 Å². The summed E-state index contributed by atoms with van der Waals surface area (Å²) in [7, 11) is 0. The predicted octanol–water partition coefficient (Wildman–Crippen LogP) is 1.27. The molecule has 4 N–H and O–H groups in total. The monoisotopic (exact) mass is 322 g/mol. The smallest absolute Gasteiger partial charge is 0.132 e. The molecular formula is C15H30O5S. The third-order valence-corrected chi connectivity index (χ3v) is 5.12. The molecule has 0 aromatic heterocycles. The van der Waals surface area contributed by atoms with E-state index in [4.69, 9.17) is 9.84 Å². The van der Waals surface area contributed by atoms with Crippen LogP contribution in [-0.4, -0.2) is 62.6 Å². The average molecular weight is 322 g/mol. The Hall–Kier alpha value is 0.150. The van der Waals surface area contributed by atoms with Gasteiger partial charge in [-0.25, -0.2) is 0 Å². The molecule has 0 bridgehead atoms. The highest BCUT2D eigenvalue weighted by atomic mass is 32.2. The Bertz CT molecular complexity index is 264. The molecule has 1 fully saturated rings. The summed E-state index contributed by atoms with van der Waals surface area (Å²) in [6.45, 7) is 1.84. The van der Waals surface area contributed by atoms with Crippen molar-refractivity contribution in [2.24, 2.45) is 0 Å². The standard InChI is InChI=1S/C15H30O5S/c1-2-3-4-5-6-7-8-9-21-15-14(19)13(18)12(17)11(10-16)20-15/h11-19H,2-10H2,1H3/t11-,12-,13+,14-,15-/m1/s1. The molecule has 126 valence electrons. The zero-order valence-corrected chi connectivity index (χ0v) is 13.7. The van der Waals surface area contributed by atoms with Gasteiger partial charge in [-0.05, 0) is 12.2 Å². The number of hydrogen-bond donors (Lipinski definition) is 4. The van der Waals surface area contributed by atoms with Gasteiger partial charge in [-0.1, -0.05) is 45.4 Å². The predicted molar refractivity (Wildman–Crippen MR) is 84.2 cm³/mol. The van der Waals surface area contributed by atoms with Crippen molar-refractivity contribution >= 4 is 11.8 Å². The maximum atomic E-state index is 9.88. The minimum atomic E-state index is -1.26. The number of thioether (sulfide) groups is 1. The molecule has 0 spiro atoms. The summed E-state index contributed by atoms with van der Waals surface area (Å²) >= 11 is 1.44. The van der Waals surface area contributed by atoms with Gasteiger partial charge in [0.15, 0.2) is 0 Å². The van der Waals surface area contributed by atoms with Gasteiger partial charge in [0.1, 0.15) is 29.9 Å². The summed E-state index contributed by atoms with van der Waals surface area (Å²) in [4.78, 5) is 0. The maximum absolute atomic E-state index is 9.88. The third-order valence-electron chi connectivity index (χ3n) is 3.88. The molecule has 0 radical (unpaired) electrons. The Labute approximate surface area is 131 Å². The molecule has 0 aliphatic carbocycles. The van der Waals surface area contributed by atoms with Crippen molar-refractivity contribution in [2.45, 2.75) is 81.7 Å². The van der Waals surface area contributed by atoms with E-state index < -0.39 is 29.9 Å². The molecule has 1 rings (SSSR count). The lowest BCUT2D eigenvalue weighted by Crippen LogP contribution is -2.57. The van der Waals surface area contributed by atoms with Crippen molar-refractivity contribution in [1.29, 1.82) is 0 Å². The van der Waals surface area contributed by atoms with Crippen LogP contribution in [0.15, 0.2) is 0 Å². The molecule has 21 heavy (non-hydrogen) atoms. The summed E-state index contributed by atoms with van der Waals surface area (Å²) in [6, 6.07) is 0. The maximum Gasteiger partial charge on any atom is 0.132 e. The molecule has 1 aliphatic heterocycles. The van der Waals surface area contributed by atoms with Crippen LogP contribution in [-0.2, 0) is 4.74 Å². The summed E-state index contributed by atoms with van der Waals surface area (Å²) < 4.78 is 5.44. The largest absolute Gasteiger partial charge is 0.394 e. The van der Waals surface area contributed by atoms with E-state index in [9.17, 15) is 15.3 Å². The van der Waals surface area contributed by atoms with Gasteiger partial charge in [0.25, 0.3) is 0 Å². The zero-order valence-electron chi connectivity index (χ0n) is 12.9. The van der Waals surface area contributed by atoms with Crippen molar-refractivity contribution in [1.82, 2.24) is 0 Å². The van der Waals surface area contributed by atoms with Crippen LogP contribution in [0.4, 0.5) is 0 Å². The first-order valence-electron chi connectivity index (χ1n) is 8.04. The first-order chi connectivity index (χ1) is 10.1. The van der Waals surface area contributed by atoms with Crippen LogP contribution in [0.3, 0.4) is 0 Å². The summed E-state index contributed by atoms with van der Waals surface area (Å²) in [5.41, 5.74) is -0.583. The van der Waals surface area contributed by atoms with Crippen LogP contribution >= 0.6 is 11.8 Å². The summed E-state index contributed by atoms with van der Waals surface area (Å²) in [5.74, 6) is 0.844. The van der Waals surface area contributed by atoms with Crippen LogP contribution in [0.25, 0.3) is 0 Å². The topological polar surface area (TPSA) is 90.2 Å². The summed E-state index contributed by atoms with van der Waals surface area (Å²) in [5, 5.41) is 38.4. The number of ether oxygens (including phenoxy) is 1. The van der Waals surface area contributed by atoms with E-state index in [1.165, 1.54) is 43.9 Å². The van der Waals surface area contributed by atoms with Crippen LogP contribution in [0, 0.1) is 0 Å². The number of unbranched alkanes of at least 4 members (excludes halogenated alkanes) is 6. The molecule has 1 heterocycles. The fraction of sp³-hybridized carbons (Fsp3) is 1.00. The fourth-order valence-corrected chi connectivity index (χ4v) is 3.65. The van der Waals surface area contributed by atoms with Crippen molar-refractivity contribution < 1.29 is 25.2 Å². The van der Waals surface area contributed by atoms with Gasteiger partial charge in [0, 0.05) is 0 Å². The second kappa shape index (κ2) is 10.8. The molecule has 6 heteroatoms. The lowest BCUT2D eigenvalue weighted by Gasteiger charge is -2.39. The first kappa shape index (κ1) is 19.2. The van der Waals surface area contributed by atoms with Gasteiger partial charge < -0.3 is 25.2 Å². The van der Waals surface area contributed by atoms with Crippen LogP contribution < -0.4 is 0 Å². The molecule has 5 nitrogen and oxygen atoms in total. The molecule has 0 saturated carbocycles. The molecule has 0 aromatic rings.